The lowest BCUT2D eigenvalue weighted by molar-refractivity contribution is 0.273. The zero-order chi connectivity index (χ0) is 21.4. The molecular weight excluding hydrogens is 530 g/mol. The molecule has 0 radical (unpaired) electrons. The molecule has 0 bridgehead atoms. The Morgan fingerprint density at radius 2 is 1.71 bits per heavy atom. The van der Waals surface area contributed by atoms with Crippen molar-refractivity contribution in [3.05, 3.63) is 66.0 Å². The fourth-order valence-electron chi connectivity index (χ4n) is 3.53. The summed E-state index contributed by atoms with van der Waals surface area (Å²) in [5.41, 5.74) is 1.06. The van der Waals surface area contributed by atoms with Gasteiger partial charge in [-0.15, -0.1) is 24.0 Å². The molecular formula is C22H30FIN4O2S. The molecule has 1 heterocycles. The molecule has 0 aromatic heterocycles. The molecule has 1 aliphatic heterocycles. The van der Waals surface area contributed by atoms with Crippen LogP contribution in [0.2, 0.25) is 0 Å². The van der Waals surface area contributed by atoms with Gasteiger partial charge in [0.2, 0.25) is 10.0 Å². The van der Waals surface area contributed by atoms with Gasteiger partial charge in [0.1, 0.15) is 5.82 Å². The van der Waals surface area contributed by atoms with Gasteiger partial charge < -0.3 is 10.6 Å². The summed E-state index contributed by atoms with van der Waals surface area (Å²) in [7, 11) is -1.68. The maximum Gasteiger partial charge on any atom is 0.243 e. The SMILES string of the molecule is CN=C(NCCc1ccc(F)cc1)NCC1CCN(S(=O)(=O)c2ccccc2)CC1.I. The minimum absolute atomic E-state index is 0. The third kappa shape index (κ3) is 7.43. The van der Waals surface area contributed by atoms with Crippen molar-refractivity contribution in [3.8, 4) is 0 Å². The highest BCUT2D eigenvalue weighted by molar-refractivity contribution is 14.0. The van der Waals surface area contributed by atoms with Gasteiger partial charge in [-0.3, -0.25) is 4.99 Å². The summed E-state index contributed by atoms with van der Waals surface area (Å²) >= 11 is 0. The Kier molecular flexibility index (Phi) is 10.2. The second-order valence-corrected chi connectivity index (χ2v) is 9.35. The zero-order valence-corrected chi connectivity index (χ0v) is 20.8. The van der Waals surface area contributed by atoms with Gasteiger partial charge in [0.15, 0.2) is 5.96 Å². The molecule has 0 aliphatic carbocycles. The van der Waals surface area contributed by atoms with Crippen molar-refractivity contribution in [1.82, 2.24) is 14.9 Å². The number of halogens is 2. The van der Waals surface area contributed by atoms with E-state index in [0.717, 1.165) is 37.3 Å². The number of rotatable bonds is 7. The van der Waals surface area contributed by atoms with Gasteiger partial charge in [-0.1, -0.05) is 30.3 Å². The summed E-state index contributed by atoms with van der Waals surface area (Å²) in [6, 6.07) is 15.1. The van der Waals surface area contributed by atoms with Crippen molar-refractivity contribution in [1.29, 1.82) is 0 Å². The zero-order valence-electron chi connectivity index (χ0n) is 17.6. The number of hydrogen-bond donors (Lipinski definition) is 2. The third-order valence-corrected chi connectivity index (χ3v) is 7.27. The van der Waals surface area contributed by atoms with Crippen LogP contribution < -0.4 is 10.6 Å². The minimum Gasteiger partial charge on any atom is -0.356 e. The summed E-state index contributed by atoms with van der Waals surface area (Å²) in [4.78, 5) is 4.59. The molecule has 31 heavy (non-hydrogen) atoms. The van der Waals surface area contributed by atoms with Gasteiger partial charge in [-0.05, 0) is 55.0 Å². The Hall–Kier alpha value is -1.72. The van der Waals surface area contributed by atoms with Crippen molar-refractivity contribution in [3.63, 3.8) is 0 Å². The molecule has 0 spiro atoms. The second-order valence-electron chi connectivity index (χ2n) is 7.42. The van der Waals surface area contributed by atoms with Crippen LogP contribution in [0.25, 0.3) is 0 Å². The molecule has 9 heteroatoms. The highest BCUT2D eigenvalue weighted by atomic mass is 127. The van der Waals surface area contributed by atoms with Gasteiger partial charge in [-0.25, -0.2) is 12.8 Å². The molecule has 0 saturated carbocycles. The molecule has 2 N–H and O–H groups in total. The van der Waals surface area contributed by atoms with E-state index in [0.29, 0.717) is 30.4 Å². The fourth-order valence-corrected chi connectivity index (χ4v) is 5.02. The Balaban J connectivity index is 0.00000341. The number of aliphatic imine (C=N–C) groups is 1. The topological polar surface area (TPSA) is 73.8 Å². The Morgan fingerprint density at radius 3 is 2.32 bits per heavy atom. The normalized spacial score (nSPS) is 15.9. The standard InChI is InChI=1S/C22H29FN4O2S.HI/c1-24-22(25-14-11-18-7-9-20(23)10-8-18)26-17-19-12-15-27(16-13-19)30(28,29)21-5-3-2-4-6-21;/h2-10,19H,11-17H2,1H3,(H2,24,25,26);1H. The molecule has 1 saturated heterocycles. The Morgan fingerprint density at radius 1 is 1.06 bits per heavy atom. The average Bonchev–Trinajstić information content (AvgIpc) is 2.78. The molecule has 1 fully saturated rings. The van der Waals surface area contributed by atoms with Crippen LogP contribution in [-0.4, -0.2) is 51.9 Å². The van der Waals surface area contributed by atoms with Crippen molar-refractivity contribution in [2.45, 2.75) is 24.2 Å². The van der Waals surface area contributed by atoms with Crippen LogP contribution in [-0.2, 0) is 16.4 Å². The van der Waals surface area contributed by atoms with Crippen LogP contribution in [0.4, 0.5) is 4.39 Å². The van der Waals surface area contributed by atoms with Crippen LogP contribution in [0.3, 0.4) is 0 Å². The van der Waals surface area contributed by atoms with Crippen molar-refractivity contribution >= 4 is 40.0 Å². The van der Waals surface area contributed by atoms with Crippen molar-refractivity contribution in [2.75, 3.05) is 33.2 Å². The van der Waals surface area contributed by atoms with Crippen LogP contribution in [0.1, 0.15) is 18.4 Å². The molecule has 2 aromatic rings. The van der Waals surface area contributed by atoms with E-state index in [9.17, 15) is 12.8 Å². The summed E-state index contributed by atoms with van der Waals surface area (Å²) in [6.45, 7) is 2.49. The summed E-state index contributed by atoms with van der Waals surface area (Å²) in [5, 5.41) is 6.60. The maximum atomic E-state index is 13.0. The predicted octanol–water partition coefficient (Wildman–Crippen LogP) is 3.25. The lowest BCUT2D eigenvalue weighted by Crippen LogP contribution is -2.44. The fraction of sp³-hybridized carbons (Fsp3) is 0.409. The van der Waals surface area contributed by atoms with Crippen LogP contribution >= 0.6 is 24.0 Å². The summed E-state index contributed by atoms with van der Waals surface area (Å²) in [6.07, 6.45) is 2.40. The smallest absolute Gasteiger partial charge is 0.243 e. The quantitative estimate of drug-likeness (QED) is 0.310. The molecule has 3 rings (SSSR count). The number of benzene rings is 2. The van der Waals surface area contributed by atoms with Gasteiger partial charge in [0, 0.05) is 33.2 Å². The first kappa shape index (κ1) is 25.5. The predicted molar refractivity (Wildman–Crippen MR) is 133 cm³/mol. The van der Waals surface area contributed by atoms with E-state index >= 15 is 0 Å². The highest BCUT2D eigenvalue weighted by Gasteiger charge is 2.29. The van der Waals surface area contributed by atoms with Gasteiger partial charge in [0.05, 0.1) is 4.90 Å². The number of sulfonamides is 1. The molecule has 0 unspecified atom stereocenters. The van der Waals surface area contributed by atoms with E-state index in [1.807, 2.05) is 6.07 Å². The number of nitrogens with one attached hydrogen (secondary N) is 2. The number of hydrogen-bond acceptors (Lipinski definition) is 3. The first-order chi connectivity index (χ1) is 14.5. The number of nitrogens with zero attached hydrogens (tertiary/aromatic N) is 2. The van der Waals surface area contributed by atoms with E-state index in [1.165, 1.54) is 12.1 Å². The molecule has 170 valence electrons. The maximum absolute atomic E-state index is 13.0. The van der Waals surface area contributed by atoms with Crippen LogP contribution in [0.15, 0.2) is 64.5 Å². The first-order valence-electron chi connectivity index (χ1n) is 10.2. The molecule has 1 aliphatic rings. The molecule has 0 atom stereocenters. The highest BCUT2D eigenvalue weighted by Crippen LogP contribution is 2.23. The largest absolute Gasteiger partial charge is 0.356 e. The average molecular weight is 560 g/mol. The van der Waals surface area contributed by atoms with Crippen LogP contribution in [0.5, 0.6) is 0 Å². The number of guanidine groups is 1. The third-order valence-electron chi connectivity index (χ3n) is 5.36. The van der Waals surface area contributed by atoms with E-state index in [-0.39, 0.29) is 29.8 Å². The van der Waals surface area contributed by atoms with Gasteiger partial charge >= 0.3 is 0 Å². The van der Waals surface area contributed by atoms with Crippen molar-refractivity contribution < 1.29 is 12.8 Å². The van der Waals surface area contributed by atoms with Crippen LogP contribution in [0, 0.1) is 11.7 Å². The van der Waals surface area contributed by atoms with E-state index in [2.05, 4.69) is 15.6 Å². The Bertz CT molecular complexity index is 932. The minimum atomic E-state index is -3.41. The lowest BCUT2D eigenvalue weighted by Gasteiger charge is -2.31. The second kappa shape index (κ2) is 12.4. The summed E-state index contributed by atoms with van der Waals surface area (Å²) < 4.78 is 40.0. The van der Waals surface area contributed by atoms with Crippen molar-refractivity contribution in [2.24, 2.45) is 10.9 Å². The van der Waals surface area contributed by atoms with E-state index < -0.39 is 10.0 Å². The Labute approximate surface area is 201 Å². The van der Waals surface area contributed by atoms with E-state index in [4.69, 9.17) is 0 Å². The first-order valence-corrected chi connectivity index (χ1v) is 11.7. The van der Waals surface area contributed by atoms with Gasteiger partial charge in [0.25, 0.3) is 0 Å². The monoisotopic (exact) mass is 560 g/mol. The lowest BCUT2D eigenvalue weighted by atomic mass is 9.98. The molecule has 0 amide bonds. The number of piperidine rings is 1. The summed E-state index contributed by atoms with van der Waals surface area (Å²) in [5.74, 6) is 0.881. The molecule has 2 aromatic carbocycles. The van der Waals surface area contributed by atoms with E-state index in [1.54, 1.807) is 47.8 Å². The van der Waals surface area contributed by atoms with Gasteiger partial charge in [-0.2, -0.15) is 4.31 Å². The molecule has 6 nitrogen and oxygen atoms in total.